The lowest BCUT2D eigenvalue weighted by Crippen LogP contribution is -2.16. The molecule has 0 radical (unpaired) electrons. The Kier molecular flexibility index (Phi) is 3.38. The van der Waals surface area contributed by atoms with Gasteiger partial charge in [-0.3, -0.25) is 4.57 Å². The maximum absolute atomic E-state index is 11.7. The Morgan fingerprint density at radius 1 is 1.53 bits per heavy atom. The van der Waals surface area contributed by atoms with Gasteiger partial charge in [-0.2, -0.15) is 0 Å². The van der Waals surface area contributed by atoms with Crippen LogP contribution in [0, 0.1) is 0 Å². The molecule has 1 fully saturated rings. The van der Waals surface area contributed by atoms with Gasteiger partial charge in [-0.05, 0) is 48.4 Å². The monoisotopic (exact) mass is 297 g/mol. The molecule has 0 saturated heterocycles. The molecular weight excluding hydrogens is 286 g/mol. The van der Waals surface area contributed by atoms with Crippen molar-refractivity contribution in [3.05, 3.63) is 39.3 Å². The number of nitrogens with one attached hydrogen (secondary N) is 1. The topological polar surface area (TPSA) is 70.9 Å². The van der Waals surface area contributed by atoms with Gasteiger partial charge < -0.3 is 5.11 Å². The zero-order chi connectivity index (χ0) is 13.4. The number of nitrogens with zero attached hydrogens (tertiary/aromatic N) is 2. The SMILES string of the molecule is O=c1[nH]nc(Sc2ccc(Cl)cc2CO)n1C1CC1. The lowest BCUT2D eigenvalue weighted by molar-refractivity contribution is 0.279. The molecule has 1 saturated carbocycles. The highest BCUT2D eigenvalue weighted by Crippen LogP contribution is 2.38. The van der Waals surface area contributed by atoms with Gasteiger partial charge >= 0.3 is 5.69 Å². The van der Waals surface area contributed by atoms with Crippen LogP contribution < -0.4 is 5.69 Å². The molecule has 2 aromatic rings. The van der Waals surface area contributed by atoms with Crippen molar-refractivity contribution in [3.63, 3.8) is 0 Å². The molecule has 1 heterocycles. The molecule has 1 aliphatic rings. The first kappa shape index (κ1) is 12.8. The lowest BCUT2D eigenvalue weighted by atomic mass is 10.2. The first-order chi connectivity index (χ1) is 9.19. The number of aromatic amines is 1. The van der Waals surface area contributed by atoms with Gasteiger partial charge in [0.2, 0.25) is 0 Å². The highest BCUT2D eigenvalue weighted by Gasteiger charge is 2.28. The zero-order valence-electron chi connectivity index (χ0n) is 9.97. The fourth-order valence-electron chi connectivity index (χ4n) is 1.89. The summed E-state index contributed by atoms with van der Waals surface area (Å²) in [5.74, 6) is 0. The Hall–Kier alpha value is -1.24. The number of H-pyrrole nitrogens is 1. The number of rotatable bonds is 4. The van der Waals surface area contributed by atoms with E-state index in [2.05, 4.69) is 10.2 Å². The van der Waals surface area contributed by atoms with E-state index in [-0.39, 0.29) is 18.3 Å². The van der Waals surface area contributed by atoms with Gasteiger partial charge in [0.05, 0.1) is 6.61 Å². The summed E-state index contributed by atoms with van der Waals surface area (Å²) in [7, 11) is 0. The van der Waals surface area contributed by atoms with Gasteiger partial charge in [0.1, 0.15) is 0 Å². The molecule has 1 aromatic carbocycles. The van der Waals surface area contributed by atoms with Crippen molar-refractivity contribution in [2.75, 3.05) is 0 Å². The minimum absolute atomic E-state index is 0.0963. The van der Waals surface area contributed by atoms with Crippen molar-refractivity contribution in [2.24, 2.45) is 0 Å². The van der Waals surface area contributed by atoms with Crippen LogP contribution in [0.1, 0.15) is 24.4 Å². The average Bonchev–Trinajstić information content (AvgIpc) is 3.17. The van der Waals surface area contributed by atoms with Gasteiger partial charge in [0, 0.05) is 16.0 Å². The van der Waals surface area contributed by atoms with E-state index in [4.69, 9.17) is 11.6 Å². The Morgan fingerprint density at radius 3 is 3.00 bits per heavy atom. The summed E-state index contributed by atoms with van der Waals surface area (Å²) in [5, 5.41) is 17.1. The Balaban J connectivity index is 1.95. The second-order valence-corrected chi connectivity index (χ2v) is 5.87. The standard InChI is InChI=1S/C12H12ClN3O2S/c13-8-1-4-10(7(5-8)6-17)19-12-15-14-11(18)16(12)9-2-3-9/h1,4-5,9,17H,2-3,6H2,(H,14,18). The molecule has 3 rings (SSSR count). The minimum Gasteiger partial charge on any atom is -0.392 e. The zero-order valence-corrected chi connectivity index (χ0v) is 11.5. The minimum atomic E-state index is -0.176. The fraction of sp³-hybridized carbons (Fsp3) is 0.333. The van der Waals surface area contributed by atoms with Crippen molar-refractivity contribution < 1.29 is 5.11 Å². The van der Waals surface area contributed by atoms with Gasteiger partial charge in [-0.25, -0.2) is 9.89 Å². The van der Waals surface area contributed by atoms with E-state index in [0.29, 0.717) is 10.2 Å². The Bertz CT molecular complexity index is 663. The first-order valence-electron chi connectivity index (χ1n) is 5.93. The summed E-state index contributed by atoms with van der Waals surface area (Å²) in [5.41, 5.74) is 0.555. The van der Waals surface area contributed by atoms with Crippen molar-refractivity contribution in [3.8, 4) is 0 Å². The third-order valence-corrected chi connectivity index (χ3v) is 4.30. The van der Waals surface area contributed by atoms with Crippen molar-refractivity contribution in [2.45, 2.75) is 35.5 Å². The summed E-state index contributed by atoms with van der Waals surface area (Å²) in [6.07, 6.45) is 2.03. The second kappa shape index (κ2) is 5.03. The second-order valence-electron chi connectivity index (χ2n) is 4.42. The van der Waals surface area contributed by atoms with Crippen LogP contribution in [0.5, 0.6) is 0 Å². The largest absolute Gasteiger partial charge is 0.392 e. The smallest absolute Gasteiger partial charge is 0.344 e. The fourth-order valence-corrected chi connectivity index (χ4v) is 3.09. The van der Waals surface area contributed by atoms with Crippen LogP contribution in [-0.4, -0.2) is 19.9 Å². The molecule has 1 aromatic heterocycles. The number of hydrogen-bond donors (Lipinski definition) is 2. The van der Waals surface area contributed by atoms with E-state index < -0.39 is 0 Å². The van der Waals surface area contributed by atoms with E-state index in [9.17, 15) is 9.90 Å². The van der Waals surface area contributed by atoms with E-state index in [0.717, 1.165) is 23.3 Å². The van der Waals surface area contributed by atoms with Crippen LogP contribution >= 0.6 is 23.4 Å². The number of aliphatic hydroxyl groups excluding tert-OH is 1. The van der Waals surface area contributed by atoms with E-state index in [1.165, 1.54) is 11.8 Å². The summed E-state index contributed by atoms with van der Waals surface area (Å²) in [6, 6.07) is 5.57. The van der Waals surface area contributed by atoms with Crippen LogP contribution in [0.15, 0.2) is 33.0 Å². The van der Waals surface area contributed by atoms with Gasteiger partial charge in [0.25, 0.3) is 0 Å². The molecule has 1 aliphatic carbocycles. The molecule has 0 spiro atoms. The van der Waals surface area contributed by atoms with Crippen LogP contribution in [-0.2, 0) is 6.61 Å². The molecule has 2 N–H and O–H groups in total. The molecule has 0 atom stereocenters. The third kappa shape index (κ3) is 2.56. The van der Waals surface area contributed by atoms with Crippen LogP contribution in [0.25, 0.3) is 0 Å². The molecule has 0 unspecified atom stereocenters. The highest BCUT2D eigenvalue weighted by molar-refractivity contribution is 7.99. The number of aliphatic hydroxyl groups is 1. The summed E-state index contributed by atoms with van der Waals surface area (Å²) in [6.45, 7) is -0.0963. The molecule has 0 aliphatic heterocycles. The molecule has 7 heteroatoms. The van der Waals surface area contributed by atoms with Crippen molar-refractivity contribution >= 4 is 23.4 Å². The average molecular weight is 298 g/mol. The molecule has 100 valence electrons. The predicted molar refractivity (Wildman–Crippen MR) is 72.6 cm³/mol. The summed E-state index contributed by atoms with van der Waals surface area (Å²) >= 11 is 7.26. The molecule has 5 nitrogen and oxygen atoms in total. The Labute approximate surface area is 118 Å². The molecule has 19 heavy (non-hydrogen) atoms. The predicted octanol–water partition coefficient (Wildman–Crippen LogP) is 2.20. The number of benzene rings is 1. The number of halogens is 1. The van der Waals surface area contributed by atoms with E-state index in [1.807, 2.05) is 6.07 Å². The summed E-state index contributed by atoms with van der Waals surface area (Å²) < 4.78 is 1.68. The number of hydrogen-bond acceptors (Lipinski definition) is 4. The van der Waals surface area contributed by atoms with Crippen LogP contribution in [0.3, 0.4) is 0 Å². The van der Waals surface area contributed by atoms with Crippen LogP contribution in [0.4, 0.5) is 0 Å². The summed E-state index contributed by atoms with van der Waals surface area (Å²) in [4.78, 5) is 12.5. The van der Waals surface area contributed by atoms with Gasteiger partial charge in [-0.1, -0.05) is 11.6 Å². The molecule has 0 amide bonds. The lowest BCUT2D eigenvalue weighted by Gasteiger charge is -2.07. The first-order valence-corrected chi connectivity index (χ1v) is 7.12. The van der Waals surface area contributed by atoms with Crippen molar-refractivity contribution in [1.82, 2.24) is 14.8 Å². The number of aromatic nitrogens is 3. The molecular formula is C12H12ClN3O2S. The molecule has 0 bridgehead atoms. The van der Waals surface area contributed by atoms with E-state index in [1.54, 1.807) is 16.7 Å². The van der Waals surface area contributed by atoms with Gasteiger partial charge in [0.15, 0.2) is 5.16 Å². The van der Waals surface area contributed by atoms with Crippen LogP contribution in [0.2, 0.25) is 5.02 Å². The quantitative estimate of drug-likeness (QED) is 0.907. The van der Waals surface area contributed by atoms with Gasteiger partial charge in [-0.15, -0.1) is 5.10 Å². The normalized spacial score (nSPS) is 14.8. The Morgan fingerprint density at radius 2 is 2.32 bits per heavy atom. The third-order valence-electron chi connectivity index (χ3n) is 2.98. The highest BCUT2D eigenvalue weighted by atomic mass is 35.5. The van der Waals surface area contributed by atoms with E-state index >= 15 is 0 Å². The maximum Gasteiger partial charge on any atom is 0.344 e. The maximum atomic E-state index is 11.7. The van der Waals surface area contributed by atoms with Crippen molar-refractivity contribution in [1.29, 1.82) is 0 Å².